The fourth-order valence-corrected chi connectivity index (χ4v) is 4.23. The highest BCUT2D eigenvalue weighted by atomic mass is 32.2. The molecule has 3 rings (SSSR count). The predicted molar refractivity (Wildman–Crippen MR) is 113 cm³/mol. The lowest BCUT2D eigenvalue weighted by Gasteiger charge is -2.16. The first kappa shape index (κ1) is 21.3. The number of guanidine groups is 1. The van der Waals surface area contributed by atoms with E-state index in [9.17, 15) is 12.8 Å². The quantitative estimate of drug-likeness (QED) is 0.332. The molecule has 1 saturated carbocycles. The maximum absolute atomic E-state index is 14.2. The summed E-state index contributed by atoms with van der Waals surface area (Å²) in [6, 6.07) is 15.1. The number of hydrogen-bond donors (Lipinski definition) is 3. The summed E-state index contributed by atoms with van der Waals surface area (Å²) < 4.78 is 41.2. The first-order valence-corrected chi connectivity index (χ1v) is 11.3. The average molecular weight is 419 g/mol. The lowest BCUT2D eigenvalue weighted by atomic mass is 9.95. The van der Waals surface area contributed by atoms with E-state index in [4.69, 9.17) is 0 Å². The van der Waals surface area contributed by atoms with Crippen molar-refractivity contribution in [3.05, 3.63) is 66.0 Å². The van der Waals surface area contributed by atoms with Crippen LogP contribution in [0, 0.1) is 5.82 Å². The number of benzene rings is 2. The predicted octanol–water partition coefficient (Wildman–Crippen LogP) is 2.39. The monoisotopic (exact) mass is 418 g/mol. The van der Waals surface area contributed by atoms with Gasteiger partial charge in [0.1, 0.15) is 5.82 Å². The van der Waals surface area contributed by atoms with Crippen molar-refractivity contribution in [1.82, 2.24) is 15.4 Å². The van der Waals surface area contributed by atoms with Gasteiger partial charge in [0, 0.05) is 25.0 Å². The zero-order valence-corrected chi connectivity index (χ0v) is 17.3. The van der Waals surface area contributed by atoms with Gasteiger partial charge in [-0.1, -0.05) is 36.4 Å². The highest BCUT2D eigenvalue weighted by Crippen LogP contribution is 2.49. The fraction of sp³-hybridized carbons (Fsp3) is 0.381. The van der Waals surface area contributed by atoms with Gasteiger partial charge in [-0.05, 0) is 43.5 Å². The summed E-state index contributed by atoms with van der Waals surface area (Å²) in [5.74, 6) is 0.405. The first-order chi connectivity index (χ1) is 14.0. The first-order valence-electron chi connectivity index (χ1n) is 9.79. The molecule has 1 aliphatic rings. The van der Waals surface area contributed by atoms with Crippen LogP contribution >= 0.6 is 0 Å². The van der Waals surface area contributed by atoms with E-state index in [0.717, 1.165) is 18.4 Å². The van der Waals surface area contributed by atoms with Gasteiger partial charge in [-0.2, -0.15) is 0 Å². The molecule has 0 radical (unpaired) electrons. The molecule has 8 heteroatoms. The molecule has 0 heterocycles. The Balaban J connectivity index is 1.55. The lowest BCUT2D eigenvalue weighted by molar-refractivity contribution is 0.572. The van der Waals surface area contributed by atoms with E-state index in [1.54, 1.807) is 36.4 Å². The second kappa shape index (κ2) is 9.37. The van der Waals surface area contributed by atoms with Crippen molar-refractivity contribution in [3.63, 3.8) is 0 Å². The molecule has 0 spiro atoms. The smallest absolute Gasteiger partial charge is 0.240 e. The third kappa shape index (κ3) is 5.55. The third-order valence-corrected chi connectivity index (χ3v) is 6.42. The number of aliphatic imine (C=N–C) groups is 1. The largest absolute Gasteiger partial charge is 0.357 e. The van der Waals surface area contributed by atoms with Gasteiger partial charge in [0.15, 0.2) is 5.96 Å². The van der Waals surface area contributed by atoms with Gasteiger partial charge in [0.25, 0.3) is 0 Å². The second-order valence-corrected chi connectivity index (χ2v) is 8.86. The number of sulfonamides is 1. The Morgan fingerprint density at radius 2 is 1.72 bits per heavy atom. The number of hydrogen-bond acceptors (Lipinski definition) is 3. The van der Waals surface area contributed by atoms with Crippen LogP contribution in [0.15, 0.2) is 64.5 Å². The fourth-order valence-electron chi connectivity index (χ4n) is 3.18. The highest BCUT2D eigenvalue weighted by Gasteiger charge is 2.45. The second-order valence-electron chi connectivity index (χ2n) is 7.09. The minimum absolute atomic E-state index is 0.187. The van der Waals surface area contributed by atoms with Crippen molar-refractivity contribution in [2.45, 2.75) is 30.1 Å². The Morgan fingerprint density at radius 1 is 1.03 bits per heavy atom. The molecule has 1 aliphatic carbocycles. The van der Waals surface area contributed by atoms with Gasteiger partial charge in [0.2, 0.25) is 10.0 Å². The van der Waals surface area contributed by atoms with Crippen LogP contribution in [0.2, 0.25) is 0 Å². The standard InChI is InChI=1S/C21H27FN4O2S/c1-2-23-20(24-14-15-26-29(27,28)17-8-4-3-5-9-17)25-16-21(12-13-21)18-10-6-7-11-19(18)22/h3-11,26H,2,12-16H2,1H3,(H2,23,24,25). The zero-order valence-electron chi connectivity index (χ0n) is 16.5. The van der Waals surface area contributed by atoms with Crippen molar-refractivity contribution in [1.29, 1.82) is 0 Å². The average Bonchev–Trinajstić information content (AvgIpc) is 3.51. The minimum atomic E-state index is -3.53. The molecule has 0 saturated heterocycles. The summed E-state index contributed by atoms with van der Waals surface area (Å²) in [5.41, 5.74) is 0.484. The number of rotatable bonds is 9. The van der Waals surface area contributed by atoms with Gasteiger partial charge >= 0.3 is 0 Å². The van der Waals surface area contributed by atoms with E-state index in [0.29, 0.717) is 25.6 Å². The van der Waals surface area contributed by atoms with Crippen LogP contribution in [0.3, 0.4) is 0 Å². The van der Waals surface area contributed by atoms with E-state index < -0.39 is 10.0 Å². The van der Waals surface area contributed by atoms with Gasteiger partial charge in [-0.15, -0.1) is 0 Å². The Morgan fingerprint density at radius 3 is 2.38 bits per heavy atom. The van der Waals surface area contributed by atoms with Crippen molar-refractivity contribution < 1.29 is 12.8 Å². The Hall–Kier alpha value is -2.45. The van der Waals surface area contributed by atoms with Crippen molar-refractivity contribution in [2.75, 3.05) is 26.2 Å². The van der Waals surface area contributed by atoms with E-state index in [2.05, 4.69) is 20.3 Å². The van der Waals surface area contributed by atoms with Gasteiger partial charge in [-0.3, -0.25) is 4.99 Å². The summed E-state index contributed by atoms with van der Waals surface area (Å²) in [4.78, 5) is 4.84. The van der Waals surface area contributed by atoms with E-state index in [-0.39, 0.29) is 22.7 Å². The molecule has 0 unspecified atom stereocenters. The minimum Gasteiger partial charge on any atom is -0.357 e. The van der Waals surface area contributed by atoms with E-state index in [1.807, 2.05) is 19.1 Å². The molecule has 0 aromatic heterocycles. The molecule has 0 amide bonds. The molecule has 0 bridgehead atoms. The number of nitrogens with one attached hydrogen (secondary N) is 3. The zero-order chi connectivity index (χ0) is 20.7. The lowest BCUT2D eigenvalue weighted by Crippen LogP contribution is -2.42. The SMILES string of the molecule is CCNC(=NCC1(c2ccccc2F)CC1)NCCNS(=O)(=O)c1ccccc1. The van der Waals surface area contributed by atoms with Crippen LogP contribution in [0.4, 0.5) is 4.39 Å². The maximum atomic E-state index is 14.2. The summed E-state index contributed by atoms with van der Waals surface area (Å²) in [6.45, 7) is 3.72. The molecule has 29 heavy (non-hydrogen) atoms. The molecule has 2 aromatic rings. The molecule has 3 N–H and O–H groups in total. The maximum Gasteiger partial charge on any atom is 0.240 e. The van der Waals surface area contributed by atoms with Crippen LogP contribution in [0.5, 0.6) is 0 Å². The molecule has 2 aromatic carbocycles. The Bertz CT molecular complexity index is 944. The van der Waals surface area contributed by atoms with Gasteiger partial charge < -0.3 is 10.6 Å². The topological polar surface area (TPSA) is 82.6 Å². The summed E-state index contributed by atoms with van der Waals surface area (Å²) in [5, 5.41) is 6.28. The summed E-state index contributed by atoms with van der Waals surface area (Å²) in [6.07, 6.45) is 1.82. The van der Waals surface area contributed by atoms with Crippen LogP contribution in [0.1, 0.15) is 25.3 Å². The molecule has 0 aliphatic heterocycles. The third-order valence-electron chi connectivity index (χ3n) is 4.95. The molecule has 1 fully saturated rings. The van der Waals surface area contributed by atoms with Crippen molar-refractivity contribution in [2.24, 2.45) is 4.99 Å². The molecule has 0 atom stereocenters. The highest BCUT2D eigenvalue weighted by molar-refractivity contribution is 7.89. The summed E-state index contributed by atoms with van der Waals surface area (Å²) >= 11 is 0. The van der Waals surface area contributed by atoms with Crippen molar-refractivity contribution >= 4 is 16.0 Å². The molecule has 156 valence electrons. The van der Waals surface area contributed by atoms with Crippen LogP contribution < -0.4 is 15.4 Å². The number of halogens is 1. The molecular formula is C21H27FN4O2S. The Kier molecular flexibility index (Phi) is 6.87. The molecule has 6 nitrogen and oxygen atoms in total. The van der Waals surface area contributed by atoms with Crippen LogP contribution in [-0.4, -0.2) is 40.6 Å². The van der Waals surface area contributed by atoms with Crippen LogP contribution in [0.25, 0.3) is 0 Å². The van der Waals surface area contributed by atoms with Gasteiger partial charge in [0.05, 0.1) is 11.4 Å². The normalized spacial score (nSPS) is 15.7. The Labute approximate surface area is 171 Å². The van der Waals surface area contributed by atoms with E-state index >= 15 is 0 Å². The van der Waals surface area contributed by atoms with Crippen molar-refractivity contribution in [3.8, 4) is 0 Å². The van der Waals surface area contributed by atoms with E-state index in [1.165, 1.54) is 6.07 Å². The van der Waals surface area contributed by atoms with Gasteiger partial charge in [-0.25, -0.2) is 17.5 Å². The van der Waals surface area contributed by atoms with Crippen LogP contribution in [-0.2, 0) is 15.4 Å². The summed E-state index contributed by atoms with van der Waals surface area (Å²) in [7, 11) is -3.53. The molecular weight excluding hydrogens is 391 g/mol. The number of nitrogens with zero attached hydrogens (tertiary/aromatic N) is 1.